The highest BCUT2D eigenvalue weighted by atomic mass is 16.5. The SMILES string of the molecule is COCC1(CO)CCN(C(=O)Nc2cnc3[nH]ccc3c2C)C1. The number of amides is 2. The second-order valence-electron chi connectivity index (χ2n) is 6.23. The smallest absolute Gasteiger partial charge is 0.321 e. The number of aryl methyl sites for hydroxylation is 1. The topological polar surface area (TPSA) is 90.5 Å². The number of pyridine rings is 1. The molecule has 3 rings (SSSR count). The van der Waals surface area contributed by atoms with Crippen LogP contribution in [-0.2, 0) is 4.74 Å². The Morgan fingerprint density at radius 1 is 1.61 bits per heavy atom. The van der Waals surface area contributed by atoms with Crippen molar-refractivity contribution in [3.05, 3.63) is 24.0 Å². The monoisotopic (exact) mass is 318 g/mol. The van der Waals surface area contributed by atoms with Gasteiger partial charge in [-0.2, -0.15) is 0 Å². The summed E-state index contributed by atoms with van der Waals surface area (Å²) in [6.07, 6.45) is 4.23. The van der Waals surface area contributed by atoms with Gasteiger partial charge in [-0.1, -0.05) is 0 Å². The molecule has 1 unspecified atom stereocenters. The number of H-pyrrole nitrogens is 1. The number of methoxy groups -OCH3 is 1. The molecule has 124 valence electrons. The summed E-state index contributed by atoms with van der Waals surface area (Å²) in [7, 11) is 1.61. The molecule has 0 saturated carbocycles. The maximum Gasteiger partial charge on any atom is 0.321 e. The van der Waals surface area contributed by atoms with Crippen molar-refractivity contribution in [2.24, 2.45) is 5.41 Å². The van der Waals surface area contributed by atoms with E-state index in [2.05, 4.69) is 15.3 Å². The molecule has 2 aromatic heterocycles. The summed E-state index contributed by atoms with van der Waals surface area (Å²) < 4.78 is 5.19. The highest BCUT2D eigenvalue weighted by molar-refractivity contribution is 5.94. The number of aromatic amines is 1. The third kappa shape index (κ3) is 2.89. The van der Waals surface area contributed by atoms with E-state index in [0.29, 0.717) is 25.4 Å². The minimum absolute atomic E-state index is 0.0144. The number of urea groups is 1. The van der Waals surface area contributed by atoms with Crippen LogP contribution >= 0.6 is 0 Å². The molecule has 23 heavy (non-hydrogen) atoms. The summed E-state index contributed by atoms with van der Waals surface area (Å²) >= 11 is 0. The molecule has 1 aliphatic rings. The van der Waals surface area contributed by atoms with Crippen LogP contribution < -0.4 is 5.32 Å². The van der Waals surface area contributed by atoms with Crippen molar-refractivity contribution < 1.29 is 14.6 Å². The van der Waals surface area contributed by atoms with Crippen molar-refractivity contribution in [1.82, 2.24) is 14.9 Å². The molecule has 1 aliphatic heterocycles. The number of ether oxygens (including phenoxy) is 1. The van der Waals surface area contributed by atoms with Gasteiger partial charge in [-0.05, 0) is 25.0 Å². The lowest BCUT2D eigenvalue weighted by molar-refractivity contribution is 0.0383. The maximum absolute atomic E-state index is 12.5. The molecule has 1 atom stereocenters. The fourth-order valence-electron chi connectivity index (χ4n) is 3.17. The van der Waals surface area contributed by atoms with Gasteiger partial charge in [0.05, 0.1) is 25.1 Å². The summed E-state index contributed by atoms with van der Waals surface area (Å²) in [4.78, 5) is 21.6. The summed E-state index contributed by atoms with van der Waals surface area (Å²) in [6.45, 7) is 3.51. The average molecular weight is 318 g/mol. The molecule has 7 heteroatoms. The number of carbonyl (C=O) groups excluding carboxylic acids is 1. The number of nitrogens with zero attached hydrogens (tertiary/aromatic N) is 2. The van der Waals surface area contributed by atoms with E-state index in [0.717, 1.165) is 23.0 Å². The fraction of sp³-hybridized carbons (Fsp3) is 0.500. The Morgan fingerprint density at radius 2 is 2.43 bits per heavy atom. The van der Waals surface area contributed by atoms with Gasteiger partial charge in [0.1, 0.15) is 5.65 Å². The lowest BCUT2D eigenvalue weighted by Gasteiger charge is -2.26. The molecule has 3 N–H and O–H groups in total. The Kier molecular flexibility index (Phi) is 4.23. The normalized spacial score (nSPS) is 21.1. The predicted octanol–water partition coefficient (Wildman–Crippen LogP) is 1.73. The molecule has 2 amide bonds. The average Bonchev–Trinajstić information content (AvgIpc) is 3.18. The number of hydrogen-bond acceptors (Lipinski definition) is 4. The minimum atomic E-state index is -0.357. The van der Waals surface area contributed by atoms with Gasteiger partial charge in [0, 0.05) is 37.2 Å². The maximum atomic E-state index is 12.5. The fourth-order valence-corrected chi connectivity index (χ4v) is 3.17. The van der Waals surface area contributed by atoms with Crippen molar-refractivity contribution in [1.29, 1.82) is 0 Å². The van der Waals surface area contributed by atoms with Crippen molar-refractivity contribution >= 4 is 22.8 Å². The lowest BCUT2D eigenvalue weighted by Crippen LogP contribution is -2.38. The van der Waals surface area contributed by atoms with E-state index >= 15 is 0 Å². The van der Waals surface area contributed by atoms with Crippen LogP contribution in [0.4, 0.5) is 10.5 Å². The lowest BCUT2D eigenvalue weighted by atomic mass is 9.89. The summed E-state index contributed by atoms with van der Waals surface area (Å²) in [5.74, 6) is 0. The Morgan fingerprint density at radius 3 is 3.17 bits per heavy atom. The van der Waals surface area contributed by atoms with E-state index < -0.39 is 0 Å². The van der Waals surface area contributed by atoms with Crippen LogP contribution in [0, 0.1) is 12.3 Å². The van der Waals surface area contributed by atoms with E-state index in [1.165, 1.54) is 0 Å². The Hall–Kier alpha value is -2.12. The Balaban J connectivity index is 1.73. The zero-order valence-corrected chi connectivity index (χ0v) is 13.4. The first kappa shape index (κ1) is 15.8. The highest BCUT2D eigenvalue weighted by Gasteiger charge is 2.39. The number of fused-ring (bicyclic) bond motifs is 1. The number of nitrogens with one attached hydrogen (secondary N) is 2. The quantitative estimate of drug-likeness (QED) is 0.801. The number of carbonyl (C=O) groups is 1. The first-order valence-electron chi connectivity index (χ1n) is 7.67. The summed E-state index contributed by atoms with van der Waals surface area (Å²) in [5.41, 5.74) is 2.13. The van der Waals surface area contributed by atoms with Gasteiger partial charge < -0.3 is 25.0 Å². The molecule has 0 bridgehead atoms. The van der Waals surface area contributed by atoms with Gasteiger partial charge in [0.2, 0.25) is 0 Å². The van der Waals surface area contributed by atoms with Crippen molar-refractivity contribution in [3.8, 4) is 0 Å². The molecule has 0 aromatic carbocycles. The number of aliphatic hydroxyl groups excluding tert-OH is 1. The Bertz CT molecular complexity index is 714. The van der Waals surface area contributed by atoms with Gasteiger partial charge >= 0.3 is 6.03 Å². The number of aliphatic hydroxyl groups is 1. The second kappa shape index (κ2) is 6.17. The van der Waals surface area contributed by atoms with Gasteiger partial charge in [-0.3, -0.25) is 0 Å². The van der Waals surface area contributed by atoms with E-state index in [9.17, 15) is 9.90 Å². The first-order valence-corrected chi connectivity index (χ1v) is 7.67. The summed E-state index contributed by atoms with van der Waals surface area (Å²) in [5, 5.41) is 13.5. The first-order chi connectivity index (χ1) is 11.1. The van der Waals surface area contributed by atoms with Crippen molar-refractivity contribution in [3.63, 3.8) is 0 Å². The number of rotatable bonds is 4. The number of hydrogen-bond donors (Lipinski definition) is 3. The molecule has 2 aromatic rings. The van der Waals surface area contributed by atoms with Gasteiger partial charge in [-0.25, -0.2) is 9.78 Å². The molecule has 0 spiro atoms. The minimum Gasteiger partial charge on any atom is -0.396 e. The van der Waals surface area contributed by atoms with E-state index in [4.69, 9.17) is 4.74 Å². The van der Waals surface area contributed by atoms with Crippen LogP contribution in [0.25, 0.3) is 11.0 Å². The van der Waals surface area contributed by atoms with Crippen molar-refractivity contribution in [2.45, 2.75) is 13.3 Å². The highest BCUT2D eigenvalue weighted by Crippen LogP contribution is 2.31. The van der Waals surface area contributed by atoms with Gasteiger partial charge in [0.25, 0.3) is 0 Å². The van der Waals surface area contributed by atoms with E-state index in [1.54, 1.807) is 18.2 Å². The molecule has 1 saturated heterocycles. The molecule has 3 heterocycles. The van der Waals surface area contributed by atoms with Crippen LogP contribution in [0.15, 0.2) is 18.5 Å². The van der Waals surface area contributed by atoms with Crippen LogP contribution in [0.2, 0.25) is 0 Å². The van der Waals surface area contributed by atoms with E-state index in [1.807, 2.05) is 19.2 Å². The predicted molar refractivity (Wildman–Crippen MR) is 87.4 cm³/mol. The zero-order valence-electron chi connectivity index (χ0n) is 13.4. The Labute approximate surface area is 134 Å². The molecular formula is C16H22N4O3. The number of likely N-dealkylation sites (tertiary alicyclic amines) is 1. The zero-order chi connectivity index (χ0) is 16.4. The number of anilines is 1. The third-order valence-corrected chi connectivity index (χ3v) is 4.61. The molecular weight excluding hydrogens is 296 g/mol. The third-order valence-electron chi connectivity index (χ3n) is 4.61. The summed E-state index contributed by atoms with van der Waals surface area (Å²) in [6, 6.07) is 1.77. The molecule has 1 fully saturated rings. The molecule has 0 radical (unpaired) electrons. The van der Waals surface area contributed by atoms with Gasteiger partial charge in [0.15, 0.2) is 0 Å². The van der Waals surface area contributed by atoms with Crippen LogP contribution in [0.5, 0.6) is 0 Å². The number of aromatic nitrogens is 2. The second-order valence-corrected chi connectivity index (χ2v) is 6.23. The van der Waals surface area contributed by atoms with Crippen molar-refractivity contribution in [2.75, 3.05) is 38.7 Å². The van der Waals surface area contributed by atoms with Gasteiger partial charge in [-0.15, -0.1) is 0 Å². The van der Waals surface area contributed by atoms with E-state index in [-0.39, 0.29) is 18.1 Å². The molecule has 0 aliphatic carbocycles. The standard InChI is InChI=1S/C16H22N4O3/c1-11-12-3-5-17-14(12)18-7-13(11)19-15(22)20-6-4-16(8-20,9-21)10-23-2/h3,5,7,21H,4,6,8-10H2,1-2H3,(H,17,18)(H,19,22). The molecule has 7 nitrogen and oxygen atoms in total. The van der Waals surface area contributed by atoms with Crippen LogP contribution in [0.1, 0.15) is 12.0 Å². The van der Waals surface area contributed by atoms with Crippen LogP contribution in [-0.4, -0.2) is 59.4 Å². The van der Waals surface area contributed by atoms with Crippen LogP contribution in [0.3, 0.4) is 0 Å². The largest absolute Gasteiger partial charge is 0.396 e.